The second-order valence-electron chi connectivity index (χ2n) is 8.88. The lowest BCUT2D eigenvalue weighted by molar-refractivity contribution is 0.171. The number of benzene rings is 2. The minimum atomic E-state index is -0.417. The number of aromatic nitrogens is 5. The molecule has 0 spiro atoms. The number of methoxy groups -OCH3 is 3. The molecule has 11 nitrogen and oxygen atoms in total. The fraction of sp³-hybridized carbons (Fsp3) is 0.385. The van der Waals surface area contributed by atoms with E-state index in [1.807, 2.05) is 36.4 Å². The molecule has 3 heterocycles. The van der Waals surface area contributed by atoms with Gasteiger partial charge in [-0.25, -0.2) is 4.68 Å². The molecule has 1 N–H and O–H groups in total. The summed E-state index contributed by atoms with van der Waals surface area (Å²) < 4.78 is 17.6. The average Bonchev–Trinajstić information content (AvgIpc) is 3.40. The molecule has 194 valence electrons. The van der Waals surface area contributed by atoms with Gasteiger partial charge in [0.25, 0.3) is 5.56 Å². The first-order valence-electron chi connectivity index (χ1n) is 12.2. The number of hydrogen-bond donors (Lipinski definition) is 1. The van der Waals surface area contributed by atoms with Crippen LogP contribution in [0.5, 0.6) is 11.5 Å². The van der Waals surface area contributed by atoms with Crippen molar-refractivity contribution in [3.05, 3.63) is 70.3 Å². The van der Waals surface area contributed by atoms with Crippen molar-refractivity contribution in [1.82, 2.24) is 30.1 Å². The first kappa shape index (κ1) is 24.7. The van der Waals surface area contributed by atoms with Gasteiger partial charge in [-0.3, -0.25) is 9.69 Å². The average molecular weight is 506 g/mol. The van der Waals surface area contributed by atoms with Crippen LogP contribution in [-0.2, 0) is 11.3 Å². The van der Waals surface area contributed by atoms with Gasteiger partial charge in [0, 0.05) is 50.6 Å². The molecule has 1 saturated heterocycles. The van der Waals surface area contributed by atoms with E-state index in [2.05, 4.69) is 42.4 Å². The monoisotopic (exact) mass is 505 g/mol. The SMILES string of the molecule is COCCn1nnnc1C(c1cc2ccc(OC)cc2[nH]c1=O)N1CCN(c2ccc(OC)cc2)CC1. The maximum Gasteiger partial charge on any atom is 0.253 e. The first-order valence-corrected chi connectivity index (χ1v) is 12.2. The van der Waals surface area contributed by atoms with Crippen LogP contribution in [0.25, 0.3) is 10.9 Å². The molecular weight excluding hydrogens is 474 g/mol. The Bertz CT molecular complexity index is 1390. The summed E-state index contributed by atoms with van der Waals surface area (Å²) in [6.45, 7) is 4.01. The van der Waals surface area contributed by atoms with Gasteiger partial charge in [0.15, 0.2) is 5.82 Å². The molecule has 37 heavy (non-hydrogen) atoms. The molecule has 4 aromatic rings. The van der Waals surface area contributed by atoms with Crippen LogP contribution < -0.4 is 19.9 Å². The van der Waals surface area contributed by atoms with Crippen molar-refractivity contribution in [2.24, 2.45) is 0 Å². The van der Waals surface area contributed by atoms with E-state index in [9.17, 15) is 4.79 Å². The summed E-state index contributed by atoms with van der Waals surface area (Å²) in [4.78, 5) is 21.1. The number of anilines is 1. The summed E-state index contributed by atoms with van der Waals surface area (Å²) in [5.41, 5.74) is 2.28. The molecule has 0 amide bonds. The van der Waals surface area contributed by atoms with E-state index in [0.29, 0.717) is 30.3 Å². The van der Waals surface area contributed by atoms with Crippen LogP contribution in [0.4, 0.5) is 5.69 Å². The predicted octanol–water partition coefficient (Wildman–Crippen LogP) is 2.09. The van der Waals surface area contributed by atoms with Gasteiger partial charge in [-0.15, -0.1) is 5.10 Å². The van der Waals surface area contributed by atoms with Crippen LogP contribution in [0.2, 0.25) is 0 Å². The van der Waals surface area contributed by atoms with Crippen LogP contribution in [0.15, 0.2) is 53.3 Å². The van der Waals surface area contributed by atoms with E-state index in [4.69, 9.17) is 14.2 Å². The molecule has 0 bridgehead atoms. The highest BCUT2D eigenvalue weighted by atomic mass is 16.5. The number of hydrogen-bond acceptors (Lipinski definition) is 9. The zero-order chi connectivity index (χ0) is 25.8. The summed E-state index contributed by atoms with van der Waals surface area (Å²) in [6, 6.07) is 15.3. The molecule has 0 aliphatic carbocycles. The number of ether oxygens (including phenoxy) is 3. The maximum absolute atomic E-state index is 13.4. The van der Waals surface area contributed by atoms with Crippen LogP contribution in [0.3, 0.4) is 0 Å². The molecule has 2 aromatic heterocycles. The minimum Gasteiger partial charge on any atom is -0.497 e. The van der Waals surface area contributed by atoms with E-state index in [-0.39, 0.29) is 5.56 Å². The number of fused-ring (bicyclic) bond motifs is 1. The molecule has 1 unspecified atom stereocenters. The van der Waals surface area contributed by atoms with Crippen LogP contribution in [0, 0.1) is 0 Å². The Morgan fingerprint density at radius 2 is 1.68 bits per heavy atom. The summed E-state index contributed by atoms with van der Waals surface area (Å²) in [6.07, 6.45) is 0. The number of piperazine rings is 1. The minimum absolute atomic E-state index is 0.176. The number of tetrazole rings is 1. The van der Waals surface area contributed by atoms with E-state index < -0.39 is 6.04 Å². The summed E-state index contributed by atoms with van der Waals surface area (Å²) in [5.74, 6) is 2.14. The molecular formula is C26H31N7O4. The lowest BCUT2D eigenvalue weighted by Gasteiger charge is -2.39. The van der Waals surface area contributed by atoms with Gasteiger partial charge in [-0.1, -0.05) is 0 Å². The highest BCUT2D eigenvalue weighted by Gasteiger charge is 2.32. The van der Waals surface area contributed by atoms with Gasteiger partial charge in [0.1, 0.15) is 17.5 Å². The Labute approximate surface area is 214 Å². The van der Waals surface area contributed by atoms with E-state index in [1.54, 1.807) is 26.0 Å². The molecule has 0 radical (unpaired) electrons. The summed E-state index contributed by atoms with van der Waals surface area (Å²) >= 11 is 0. The Kier molecular flexibility index (Phi) is 7.33. The van der Waals surface area contributed by atoms with Gasteiger partial charge in [0.2, 0.25) is 0 Å². The fourth-order valence-corrected chi connectivity index (χ4v) is 4.80. The van der Waals surface area contributed by atoms with Crippen LogP contribution >= 0.6 is 0 Å². The summed E-state index contributed by atoms with van der Waals surface area (Å²) in [7, 11) is 4.91. The molecule has 1 fully saturated rings. The normalized spacial score (nSPS) is 15.2. The molecule has 11 heteroatoms. The second kappa shape index (κ2) is 11.0. The highest BCUT2D eigenvalue weighted by Crippen LogP contribution is 2.30. The summed E-state index contributed by atoms with van der Waals surface area (Å²) in [5, 5.41) is 13.4. The zero-order valence-corrected chi connectivity index (χ0v) is 21.3. The molecule has 1 atom stereocenters. The molecule has 1 aliphatic heterocycles. The Morgan fingerprint density at radius 1 is 0.946 bits per heavy atom. The van der Waals surface area contributed by atoms with Gasteiger partial charge < -0.3 is 24.1 Å². The zero-order valence-electron chi connectivity index (χ0n) is 21.3. The lowest BCUT2D eigenvalue weighted by atomic mass is 10.0. The first-order chi connectivity index (χ1) is 18.1. The molecule has 2 aromatic carbocycles. The van der Waals surface area contributed by atoms with Gasteiger partial charge in [-0.2, -0.15) is 0 Å². The molecule has 0 saturated carbocycles. The number of pyridine rings is 1. The third-order valence-electron chi connectivity index (χ3n) is 6.80. The van der Waals surface area contributed by atoms with Crippen LogP contribution in [0.1, 0.15) is 17.4 Å². The van der Waals surface area contributed by atoms with Crippen molar-refractivity contribution in [2.45, 2.75) is 12.6 Å². The lowest BCUT2D eigenvalue weighted by Crippen LogP contribution is -2.49. The third-order valence-corrected chi connectivity index (χ3v) is 6.80. The predicted molar refractivity (Wildman–Crippen MR) is 139 cm³/mol. The third kappa shape index (κ3) is 5.13. The van der Waals surface area contributed by atoms with Crippen LogP contribution in [-0.4, -0.2) is 84.2 Å². The maximum atomic E-state index is 13.4. The number of nitrogens with zero attached hydrogens (tertiary/aromatic N) is 6. The molecule has 1 aliphatic rings. The molecule has 5 rings (SSSR count). The van der Waals surface area contributed by atoms with Gasteiger partial charge >= 0.3 is 0 Å². The second-order valence-corrected chi connectivity index (χ2v) is 8.88. The van der Waals surface area contributed by atoms with Gasteiger partial charge in [0.05, 0.1) is 32.9 Å². The smallest absolute Gasteiger partial charge is 0.253 e. The number of H-pyrrole nitrogens is 1. The van der Waals surface area contributed by atoms with E-state index in [1.165, 1.54) is 0 Å². The topological polar surface area (TPSA) is 111 Å². The van der Waals surface area contributed by atoms with Crippen molar-refractivity contribution in [3.63, 3.8) is 0 Å². The highest BCUT2D eigenvalue weighted by molar-refractivity contribution is 5.80. The number of aromatic amines is 1. The quantitative estimate of drug-likeness (QED) is 0.366. The standard InChI is InChI=1S/C26H31N7O4/c1-35-15-14-33-25(28-29-30-33)24(22-16-18-4-7-21(37-3)17-23(18)27-26(22)34)32-12-10-31(11-13-32)19-5-8-20(36-2)9-6-19/h4-9,16-17,24H,10-15H2,1-3H3,(H,27,34). The largest absolute Gasteiger partial charge is 0.497 e. The van der Waals surface area contributed by atoms with Gasteiger partial charge in [-0.05, 0) is 58.3 Å². The van der Waals surface area contributed by atoms with Crippen molar-refractivity contribution in [2.75, 3.05) is 59.0 Å². The Balaban J connectivity index is 1.48. The number of rotatable bonds is 9. The fourth-order valence-electron chi connectivity index (χ4n) is 4.80. The van der Waals surface area contributed by atoms with Crippen molar-refractivity contribution in [3.8, 4) is 11.5 Å². The van der Waals surface area contributed by atoms with Crippen molar-refractivity contribution >= 4 is 16.6 Å². The van der Waals surface area contributed by atoms with E-state index in [0.717, 1.165) is 48.5 Å². The van der Waals surface area contributed by atoms with Crippen molar-refractivity contribution < 1.29 is 14.2 Å². The van der Waals surface area contributed by atoms with Crippen molar-refractivity contribution in [1.29, 1.82) is 0 Å². The number of nitrogens with one attached hydrogen (secondary N) is 1. The Hall–Kier alpha value is -3.96. The Morgan fingerprint density at radius 3 is 2.38 bits per heavy atom. The van der Waals surface area contributed by atoms with E-state index >= 15 is 0 Å².